The third kappa shape index (κ3) is 4.78. The fraction of sp³-hybridized carbons (Fsp3) is 0.136. The number of benzene rings is 3. The molecule has 0 atom stereocenters. The van der Waals surface area contributed by atoms with Crippen LogP contribution in [0, 0.1) is 13.8 Å². The highest BCUT2D eigenvalue weighted by molar-refractivity contribution is 7.92. The molecule has 0 saturated heterocycles. The van der Waals surface area contributed by atoms with Gasteiger partial charge in [0.1, 0.15) is 6.54 Å². The Kier molecular flexibility index (Phi) is 6.25. The number of hydrogen-bond acceptors (Lipinski definition) is 3. The standard InChI is InChI=1S/C22H21ClN2O3S/c1-16-8-6-7-11-21(16)25(29(27,28)19-9-4-3-5-10-19)15-22(26)24-20-13-12-18(23)14-17(20)2/h3-14H,15H2,1-2H3,(H,24,26). The van der Waals surface area contributed by atoms with Gasteiger partial charge in [0.25, 0.3) is 10.0 Å². The zero-order chi connectivity index (χ0) is 21.0. The Labute approximate surface area is 176 Å². The lowest BCUT2D eigenvalue weighted by atomic mass is 10.2. The van der Waals surface area contributed by atoms with Gasteiger partial charge in [0.05, 0.1) is 10.6 Å². The van der Waals surface area contributed by atoms with E-state index in [9.17, 15) is 13.2 Å². The fourth-order valence-corrected chi connectivity index (χ4v) is 4.68. The topological polar surface area (TPSA) is 66.5 Å². The molecule has 7 heteroatoms. The van der Waals surface area contributed by atoms with Gasteiger partial charge in [0, 0.05) is 10.7 Å². The molecular weight excluding hydrogens is 408 g/mol. The van der Waals surface area contributed by atoms with E-state index >= 15 is 0 Å². The second kappa shape index (κ2) is 8.68. The number of halogens is 1. The number of para-hydroxylation sites is 1. The van der Waals surface area contributed by atoms with Crippen molar-refractivity contribution in [2.24, 2.45) is 0 Å². The molecule has 0 fully saturated rings. The summed E-state index contributed by atoms with van der Waals surface area (Å²) in [5.74, 6) is -0.446. The smallest absolute Gasteiger partial charge is 0.264 e. The number of sulfonamides is 1. The summed E-state index contributed by atoms with van der Waals surface area (Å²) in [6.45, 7) is 3.27. The molecule has 150 valence electrons. The van der Waals surface area contributed by atoms with Crippen LogP contribution in [0.3, 0.4) is 0 Å². The summed E-state index contributed by atoms with van der Waals surface area (Å²) >= 11 is 5.96. The Bertz CT molecular complexity index is 1130. The molecule has 3 rings (SSSR count). The van der Waals surface area contributed by atoms with Gasteiger partial charge < -0.3 is 5.32 Å². The van der Waals surface area contributed by atoms with Crippen molar-refractivity contribution in [3.05, 3.63) is 88.9 Å². The lowest BCUT2D eigenvalue weighted by molar-refractivity contribution is -0.114. The third-order valence-corrected chi connectivity index (χ3v) is 6.47. The zero-order valence-corrected chi connectivity index (χ0v) is 17.7. The molecule has 0 heterocycles. The van der Waals surface area contributed by atoms with E-state index in [4.69, 9.17) is 11.6 Å². The maximum Gasteiger partial charge on any atom is 0.264 e. The summed E-state index contributed by atoms with van der Waals surface area (Å²) in [6.07, 6.45) is 0. The number of nitrogens with one attached hydrogen (secondary N) is 1. The van der Waals surface area contributed by atoms with Crippen molar-refractivity contribution in [1.29, 1.82) is 0 Å². The number of aryl methyl sites for hydroxylation is 2. The second-order valence-corrected chi connectivity index (χ2v) is 8.92. The van der Waals surface area contributed by atoms with Crippen molar-refractivity contribution in [3.8, 4) is 0 Å². The van der Waals surface area contributed by atoms with E-state index in [1.165, 1.54) is 12.1 Å². The average molecular weight is 429 g/mol. The molecule has 5 nitrogen and oxygen atoms in total. The molecule has 1 amide bonds. The van der Waals surface area contributed by atoms with Crippen LogP contribution < -0.4 is 9.62 Å². The van der Waals surface area contributed by atoms with E-state index in [0.717, 1.165) is 15.4 Å². The number of carbonyl (C=O) groups excluding carboxylic acids is 1. The summed E-state index contributed by atoms with van der Waals surface area (Å²) in [7, 11) is -3.93. The Morgan fingerprint density at radius 2 is 1.59 bits per heavy atom. The van der Waals surface area contributed by atoms with Crippen LogP contribution in [0.15, 0.2) is 77.7 Å². The summed E-state index contributed by atoms with van der Waals surface area (Å²) in [4.78, 5) is 12.9. The van der Waals surface area contributed by atoms with Crippen molar-refractivity contribution in [1.82, 2.24) is 0 Å². The summed E-state index contributed by atoms with van der Waals surface area (Å²) in [6, 6.07) is 20.2. The predicted molar refractivity (Wildman–Crippen MR) is 117 cm³/mol. The monoisotopic (exact) mass is 428 g/mol. The molecule has 29 heavy (non-hydrogen) atoms. The minimum absolute atomic E-state index is 0.124. The van der Waals surface area contributed by atoms with Crippen LogP contribution in [0.4, 0.5) is 11.4 Å². The first-order chi connectivity index (χ1) is 13.8. The van der Waals surface area contributed by atoms with Gasteiger partial charge in [-0.05, 0) is 61.4 Å². The van der Waals surface area contributed by atoms with Gasteiger partial charge >= 0.3 is 0 Å². The Morgan fingerprint density at radius 1 is 0.931 bits per heavy atom. The Balaban J connectivity index is 1.96. The van der Waals surface area contributed by atoms with Crippen molar-refractivity contribution in [3.63, 3.8) is 0 Å². The van der Waals surface area contributed by atoms with E-state index in [1.807, 2.05) is 26.0 Å². The van der Waals surface area contributed by atoms with Gasteiger partial charge in [-0.1, -0.05) is 48.0 Å². The summed E-state index contributed by atoms with van der Waals surface area (Å²) in [5, 5.41) is 3.34. The minimum Gasteiger partial charge on any atom is -0.324 e. The van der Waals surface area contributed by atoms with Gasteiger partial charge in [-0.3, -0.25) is 9.10 Å². The van der Waals surface area contributed by atoms with Crippen LogP contribution in [-0.2, 0) is 14.8 Å². The molecular formula is C22H21ClN2O3S. The van der Waals surface area contributed by atoms with Crippen LogP contribution in [-0.4, -0.2) is 20.9 Å². The molecule has 0 radical (unpaired) electrons. The normalized spacial score (nSPS) is 11.1. The molecule has 3 aromatic rings. The zero-order valence-electron chi connectivity index (χ0n) is 16.1. The van der Waals surface area contributed by atoms with Crippen molar-refractivity contribution in [2.45, 2.75) is 18.7 Å². The minimum atomic E-state index is -3.93. The number of rotatable bonds is 6. The average Bonchev–Trinajstić information content (AvgIpc) is 2.69. The molecule has 0 aliphatic rings. The molecule has 3 aromatic carbocycles. The van der Waals surface area contributed by atoms with Gasteiger partial charge in [0.15, 0.2) is 0 Å². The van der Waals surface area contributed by atoms with E-state index in [0.29, 0.717) is 16.4 Å². The summed E-state index contributed by atoms with van der Waals surface area (Å²) in [5.41, 5.74) is 2.59. The van der Waals surface area contributed by atoms with Crippen molar-refractivity contribution in [2.75, 3.05) is 16.2 Å². The van der Waals surface area contributed by atoms with Gasteiger partial charge in [-0.15, -0.1) is 0 Å². The van der Waals surface area contributed by atoms with E-state index in [-0.39, 0.29) is 11.4 Å². The van der Waals surface area contributed by atoms with Gasteiger partial charge in [-0.2, -0.15) is 0 Å². The number of nitrogens with zero attached hydrogens (tertiary/aromatic N) is 1. The number of amides is 1. The van der Waals surface area contributed by atoms with Crippen LogP contribution in [0.2, 0.25) is 5.02 Å². The Morgan fingerprint density at radius 3 is 2.24 bits per heavy atom. The first kappa shape index (κ1) is 20.9. The fourth-order valence-electron chi connectivity index (χ4n) is 2.95. The highest BCUT2D eigenvalue weighted by Gasteiger charge is 2.28. The molecule has 0 aliphatic heterocycles. The quantitative estimate of drug-likeness (QED) is 0.613. The first-order valence-corrected chi connectivity index (χ1v) is 10.8. The molecule has 0 saturated carbocycles. The van der Waals surface area contributed by atoms with Crippen molar-refractivity contribution >= 4 is 38.9 Å². The molecule has 0 spiro atoms. The third-order valence-electron chi connectivity index (χ3n) is 4.47. The SMILES string of the molecule is Cc1cc(Cl)ccc1NC(=O)CN(c1ccccc1C)S(=O)(=O)c1ccccc1. The molecule has 0 unspecified atom stereocenters. The maximum absolute atomic E-state index is 13.3. The molecule has 0 bridgehead atoms. The van der Waals surface area contributed by atoms with Gasteiger partial charge in [0.2, 0.25) is 5.91 Å². The molecule has 1 N–H and O–H groups in total. The maximum atomic E-state index is 13.3. The van der Waals surface area contributed by atoms with Crippen LogP contribution in [0.1, 0.15) is 11.1 Å². The van der Waals surface area contributed by atoms with Crippen LogP contribution in [0.5, 0.6) is 0 Å². The van der Waals surface area contributed by atoms with Crippen LogP contribution >= 0.6 is 11.6 Å². The van der Waals surface area contributed by atoms with E-state index in [1.54, 1.807) is 48.5 Å². The number of carbonyl (C=O) groups is 1. The van der Waals surface area contributed by atoms with Crippen molar-refractivity contribution < 1.29 is 13.2 Å². The lowest BCUT2D eigenvalue weighted by Crippen LogP contribution is -2.38. The number of anilines is 2. The lowest BCUT2D eigenvalue weighted by Gasteiger charge is -2.25. The predicted octanol–water partition coefficient (Wildman–Crippen LogP) is 4.79. The number of hydrogen-bond donors (Lipinski definition) is 1. The van der Waals surface area contributed by atoms with Gasteiger partial charge in [-0.25, -0.2) is 8.42 Å². The molecule has 0 aromatic heterocycles. The summed E-state index contributed by atoms with van der Waals surface area (Å²) < 4.78 is 27.8. The Hall–Kier alpha value is -2.83. The molecule has 0 aliphatic carbocycles. The highest BCUT2D eigenvalue weighted by Crippen LogP contribution is 2.27. The largest absolute Gasteiger partial charge is 0.324 e. The van der Waals surface area contributed by atoms with Crippen LogP contribution in [0.25, 0.3) is 0 Å². The first-order valence-electron chi connectivity index (χ1n) is 8.98. The second-order valence-electron chi connectivity index (χ2n) is 6.62. The highest BCUT2D eigenvalue weighted by atomic mass is 35.5. The van der Waals surface area contributed by atoms with E-state index in [2.05, 4.69) is 5.32 Å². The van der Waals surface area contributed by atoms with E-state index < -0.39 is 15.9 Å².